The number of hydrogen-bond acceptors (Lipinski definition) is 6. The minimum atomic E-state index is -1.05. The summed E-state index contributed by atoms with van der Waals surface area (Å²) in [5.74, 6) is -0.248. The molecular formula is C32H44N2O7. The molecule has 1 aliphatic rings. The summed E-state index contributed by atoms with van der Waals surface area (Å²) in [6.07, 6.45) is 3.22. The summed E-state index contributed by atoms with van der Waals surface area (Å²) in [4.78, 5) is 40.1. The summed E-state index contributed by atoms with van der Waals surface area (Å²) >= 11 is 0. The zero-order valence-corrected chi connectivity index (χ0v) is 24.7. The number of aryl methyl sites for hydroxylation is 1. The van der Waals surface area contributed by atoms with Gasteiger partial charge >= 0.3 is 12.0 Å². The number of ketones is 1. The Morgan fingerprint density at radius 1 is 1.02 bits per heavy atom. The minimum Gasteiger partial charge on any atom is -0.493 e. The van der Waals surface area contributed by atoms with Crippen LogP contribution in [0.2, 0.25) is 0 Å². The van der Waals surface area contributed by atoms with Crippen molar-refractivity contribution < 1.29 is 33.7 Å². The van der Waals surface area contributed by atoms with Gasteiger partial charge in [-0.1, -0.05) is 30.3 Å². The van der Waals surface area contributed by atoms with Gasteiger partial charge in [0.15, 0.2) is 5.78 Å². The Labute approximate surface area is 243 Å². The van der Waals surface area contributed by atoms with Gasteiger partial charge in [0.25, 0.3) is 0 Å². The highest BCUT2D eigenvalue weighted by Gasteiger charge is 2.41. The largest absolute Gasteiger partial charge is 0.493 e. The lowest BCUT2D eigenvalue weighted by Crippen LogP contribution is -2.50. The van der Waals surface area contributed by atoms with Crippen LogP contribution in [0, 0.1) is 5.41 Å². The van der Waals surface area contributed by atoms with Crippen LogP contribution >= 0.6 is 0 Å². The summed E-state index contributed by atoms with van der Waals surface area (Å²) in [7, 11) is 0. The molecule has 1 heterocycles. The van der Waals surface area contributed by atoms with Crippen LogP contribution in [-0.2, 0) is 16.0 Å². The fourth-order valence-corrected chi connectivity index (χ4v) is 5.22. The Hall–Kier alpha value is -3.59. The first-order chi connectivity index (χ1) is 19.7. The third kappa shape index (κ3) is 8.45. The second-order valence-electron chi connectivity index (χ2n) is 10.5. The average Bonchev–Trinajstić information content (AvgIpc) is 2.96. The lowest BCUT2D eigenvalue weighted by Gasteiger charge is -2.35. The number of aliphatic carboxylic acids is 1. The number of urea groups is 1. The molecule has 1 saturated heterocycles. The molecule has 9 nitrogen and oxygen atoms in total. The summed E-state index contributed by atoms with van der Waals surface area (Å²) < 4.78 is 17.0. The maximum Gasteiger partial charge on any atom is 0.317 e. The number of Topliss-reactive ketones (excluding diaryl/α,β-unsaturated/α-hetero) is 1. The van der Waals surface area contributed by atoms with Crippen molar-refractivity contribution in [3.05, 3.63) is 59.2 Å². The molecule has 0 radical (unpaired) electrons. The Balaban J connectivity index is 1.86. The van der Waals surface area contributed by atoms with Gasteiger partial charge in [0.2, 0.25) is 0 Å². The molecule has 0 aliphatic carbocycles. The van der Waals surface area contributed by atoms with E-state index in [4.69, 9.17) is 14.2 Å². The predicted molar refractivity (Wildman–Crippen MR) is 157 cm³/mol. The van der Waals surface area contributed by atoms with Crippen molar-refractivity contribution in [3.63, 3.8) is 0 Å². The molecule has 0 spiro atoms. The highest BCUT2D eigenvalue weighted by Crippen LogP contribution is 2.36. The maximum absolute atomic E-state index is 13.7. The molecule has 2 amide bonds. The number of carboxylic acid groups (broad SMARTS) is 1. The van der Waals surface area contributed by atoms with Crippen molar-refractivity contribution in [1.29, 1.82) is 0 Å². The predicted octanol–water partition coefficient (Wildman–Crippen LogP) is 5.66. The monoisotopic (exact) mass is 568 g/mol. The number of benzene rings is 2. The number of carboxylic acids is 1. The van der Waals surface area contributed by atoms with Gasteiger partial charge in [-0.15, -0.1) is 0 Å². The molecule has 1 fully saturated rings. The van der Waals surface area contributed by atoms with Crippen LogP contribution in [0.25, 0.3) is 0 Å². The van der Waals surface area contributed by atoms with Gasteiger partial charge in [-0.2, -0.15) is 0 Å². The van der Waals surface area contributed by atoms with Crippen LogP contribution in [0.1, 0.15) is 80.9 Å². The lowest BCUT2D eigenvalue weighted by atomic mass is 9.80. The van der Waals surface area contributed by atoms with Crippen molar-refractivity contribution >= 4 is 17.8 Å². The molecule has 41 heavy (non-hydrogen) atoms. The van der Waals surface area contributed by atoms with Crippen molar-refractivity contribution in [2.75, 3.05) is 39.5 Å². The summed E-state index contributed by atoms with van der Waals surface area (Å²) in [6, 6.07) is 13.1. The van der Waals surface area contributed by atoms with E-state index in [-0.39, 0.29) is 18.4 Å². The zero-order valence-electron chi connectivity index (χ0n) is 24.7. The number of nitrogens with zero attached hydrogens (tertiary/aromatic N) is 1. The van der Waals surface area contributed by atoms with Crippen LogP contribution in [0.4, 0.5) is 4.79 Å². The van der Waals surface area contributed by atoms with E-state index in [1.807, 2.05) is 39.0 Å². The molecular weight excluding hydrogens is 524 g/mol. The average molecular weight is 569 g/mol. The van der Waals surface area contributed by atoms with Gasteiger partial charge in [-0.05, 0) is 83.1 Å². The maximum atomic E-state index is 13.7. The first-order valence-corrected chi connectivity index (χ1v) is 14.6. The Morgan fingerprint density at radius 2 is 1.63 bits per heavy atom. The van der Waals surface area contributed by atoms with E-state index in [9.17, 15) is 19.5 Å². The Bertz CT molecular complexity index is 1130. The second kappa shape index (κ2) is 15.4. The molecule has 1 atom stereocenters. The molecule has 1 aliphatic heterocycles. The molecule has 2 aromatic rings. The number of unbranched alkanes of at least 4 members (excludes halogenated alkanes) is 1. The van der Waals surface area contributed by atoms with Crippen LogP contribution in [-0.4, -0.2) is 67.3 Å². The third-order valence-electron chi connectivity index (χ3n) is 7.69. The number of nitrogens with one attached hydrogen (secondary N) is 1. The van der Waals surface area contributed by atoms with E-state index < -0.39 is 17.4 Å². The Morgan fingerprint density at radius 3 is 2.17 bits per heavy atom. The normalized spacial score (nSPS) is 15.0. The molecule has 0 bridgehead atoms. The smallest absolute Gasteiger partial charge is 0.317 e. The van der Waals surface area contributed by atoms with Crippen molar-refractivity contribution in [3.8, 4) is 11.5 Å². The molecule has 0 saturated carbocycles. The number of rotatable bonds is 15. The highest BCUT2D eigenvalue weighted by atomic mass is 16.5. The van der Waals surface area contributed by atoms with Gasteiger partial charge in [-0.25, -0.2) is 4.79 Å². The van der Waals surface area contributed by atoms with Gasteiger partial charge in [-0.3, -0.25) is 9.59 Å². The number of carbonyl (C=O) groups is 3. The highest BCUT2D eigenvalue weighted by molar-refractivity contribution is 5.99. The standard InChI is InChI=1S/C32H44N2O7/c1-5-40-27-20-26(21-28(41-6-2)29(27)24(4)35)23(3)34(17-11-10-14-25-12-8-7-9-13-25)31(38)33-22-32(30(36)37)15-18-39-19-16-32/h7-9,12-13,20-21,23H,5-6,10-11,14-19,22H2,1-4H3,(H,33,38)(H,36,37)/t23-/m1/s1. The SMILES string of the molecule is CCOc1cc([C@@H](C)N(CCCCc2ccccc2)C(=O)NCC2(C(=O)O)CCOCC2)cc(OCC)c1C(C)=O. The summed E-state index contributed by atoms with van der Waals surface area (Å²) in [6.45, 7) is 9.03. The minimum absolute atomic E-state index is 0.0232. The van der Waals surface area contributed by atoms with Gasteiger partial charge in [0, 0.05) is 26.3 Å². The van der Waals surface area contributed by atoms with E-state index in [0.29, 0.717) is 62.9 Å². The molecule has 3 rings (SSSR count). The molecule has 0 unspecified atom stereocenters. The Kier molecular flexibility index (Phi) is 12.0. The fraction of sp³-hybridized carbons (Fsp3) is 0.531. The molecule has 9 heteroatoms. The number of amides is 2. The first-order valence-electron chi connectivity index (χ1n) is 14.6. The summed E-state index contributed by atoms with van der Waals surface area (Å²) in [5, 5.41) is 12.9. The fourth-order valence-electron chi connectivity index (χ4n) is 5.22. The third-order valence-corrected chi connectivity index (χ3v) is 7.69. The van der Waals surface area contributed by atoms with Crippen LogP contribution in [0.3, 0.4) is 0 Å². The quantitative estimate of drug-likeness (QED) is 0.210. The van der Waals surface area contributed by atoms with Gasteiger partial charge in [0.05, 0.1) is 24.7 Å². The first kappa shape index (κ1) is 31.9. The van der Waals surface area contributed by atoms with Gasteiger partial charge < -0.3 is 29.5 Å². The van der Waals surface area contributed by atoms with Crippen LogP contribution < -0.4 is 14.8 Å². The van der Waals surface area contributed by atoms with Crippen molar-refractivity contribution in [2.24, 2.45) is 5.41 Å². The number of ether oxygens (including phenoxy) is 3. The van der Waals surface area contributed by atoms with E-state index in [1.54, 1.807) is 17.0 Å². The van der Waals surface area contributed by atoms with Crippen LogP contribution in [0.15, 0.2) is 42.5 Å². The van der Waals surface area contributed by atoms with Gasteiger partial charge in [0.1, 0.15) is 17.1 Å². The molecule has 2 N–H and O–H groups in total. The van der Waals surface area contributed by atoms with E-state index in [2.05, 4.69) is 17.4 Å². The van der Waals surface area contributed by atoms with Crippen molar-refractivity contribution in [1.82, 2.24) is 10.2 Å². The second-order valence-corrected chi connectivity index (χ2v) is 10.5. The molecule has 2 aromatic carbocycles. The van der Waals surface area contributed by atoms with E-state index >= 15 is 0 Å². The number of carbonyl (C=O) groups excluding carboxylic acids is 2. The zero-order chi connectivity index (χ0) is 29.8. The summed E-state index contributed by atoms with van der Waals surface area (Å²) in [5.41, 5.74) is 1.33. The molecule has 224 valence electrons. The topological polar surface area (TPSA) is 114 Å². The number of hydrogen-bond donors (Lipinski definition) is 2. The molecule has 0 aromatic heterocycles. The van der Waals surface area contributed by atoms with E-state index in [1.165, 1.54) is 12.5 Å². The van der Waals surface area contributed by atoms with E-state index in [0.717, 1.165) is 24.8 Å². The lowest BCUT2D eigenvalue weighted by molar-refractivity contribution is -0.154. The van der Waals surface area contributed by atoms with Crippen molar-refractivity contribution in [2.45, 2.75) is 65.8 Å². The van der Waals surface area contributed by atoms with Crippen LogP contribution in [0.5, 0.6) is 11.5 Å².